The highest BCUT2D eigenvalue weighted by Crippen LogP contribution is 2.26. The molecule has 0 amide bonds. The summed E-state index contributed by atoms with van der Waals surface area (Å²) < 4.78 is 18.1. The van der Waals surface area contributed by atoms with E-state index in [1.807, 2.05) is 0 Å². The Kier molecular flexibility index (Phi) is 1.96. The van der Waals surface area contributed by atoms with Crippen molar-refractivity contribution in [1.29, 1.82) is 0 Å². The van der Waals surface area contributed by atoms with Crippen LogP contribution in [0.4, 0.5) is 4.39 Å². The van der Waals surface area contributed by atoms with Gasteiger partial charge < -0.3 is 9.72 Å². The Labute approximate surface area is 79.5 Å². The molecule has 0 aliphatic carbocycles. The van der Waals surface area contributed by atoms with Crippen molar-refractivity contribution in [3.05, 3.63) is 30.2 Å². The van der Waals surface area contributed by atoms with E-state index in [-0.39, 0.29) is 5.82 Å². The number of carbonyl (C=O) groups excluding carboxylic acids is 1. The number of carbonyl (C=O) groups is 1. The number of hydrogen-bond donors (Lipinski definition) is 1. The zero-order valence-electron chi connectivity index (χ0n) is 7.50. The monoisotopic (exact) mass is 193 g/mol. The van der Waals surface area contributed by atoms with Gasteiger partial charge in [0.1, 0.15) is 5.82 Å². The maximum Gasteiger partial charge on any atom is 0.308 e. The number of halogens is 1. The lowest BCUT2D eigenvalue weighted by Gasteiger charge is -1.97. The van der Waals surface area contributed by atoms with Gasteiger partial charge in [-0.15, -0.1) is 0 Å². The van der Waals surface area contributed by atoms with E-state index in [0.29, 0.717) is 16.7 Å². The summed E-state index contributed by atoms with van der Waals surface area (Å²) in [7, 11) is 0. The molecule has 2 aromatic rings. The molecule has 0 aliphatic rings. The Balaban J connectivity index is 2.58. The number of fused-ring (bicyclic) bond motifs is 1. The molecule has 1 aromatic heterocycles. The number of esters is 1. The predicted molar refractivity (Wildman–Crippen MR) is 49.6 cm³/mol. The Morgan fingerprint density at radius 1 is 1.50 bits per heavy atom. The van der Waals surface area contributed by atoms with Gasteiger partial charge in [-0.25, -0.2) is 4.39 Å². The first kappa shape index (κ1) is 8.74. The van der Waals surface area contributed by atoms with Crippen LogP contribution in [0.2, 0.25) is 0 Å². The van der Waals surface area contributed by atoms with Gasteiger partial charge in [0, 0.05) is 18.5 Å². The topological polar surface area (TPSA) is 42.1 Å². The summed E-state index contributed by atoms with van der Waals surface area (Å²) in [4.78, 5) is 13.4. The lowest BCUT2D eigenvalue weighted by molar-refractivity contribution is -0.131. The molecule has 3 nitrogen and oxygen atoms in total. The number of ether oxygens (including phenoxy) is 1. The van der Waals surface area contributed by atoms with E-state index in [1.165, 1.54) is 19.2 Å². The Bertz CT molecular complexity index is 490. The number of benzene rings is 1. The van der Waals surface area contributed by atoms with Gasteiger partial charge in [-0.05, 0) is 12.1 Å². The second-order valence-corrected chi connectivity index (χ2v) is 2.91. The van der Waals surface area contributed by atoms with Gasteiger partial charge in [-0.2, -0.15) is 0 Å². The van der Waals surface area contributed by atoms with Gasteiger partial charge in [0.2, 0.25) is 0 Å². The smallest absolute Gasteiger partial charge is 0.308 e. The first-order chi connectivity index (χ1) is 6.68. The third kappa shape index (κ3) is 1.35. The van der Waals surface area contributed by atoms with Crippen molar-refractivity contribution in [3.8, 4) is 5.75 Å². The molecular weight excluding hydrogens is 185 g/mol. The van der Waals surface area contributed by atoms with Crippen molar-refractivity contribution in [2.24, 2.45) is 0 Å². The quantitative estimate of drug-likeness (QED) is 0.705. The van der Waals surface area contributed by atoms with E-state index in [1.54, 1.807) is 12.1 Å². The molecule has 1 N–H and O–H groups in total. The summed E-state index contributed by atoms with van der Waals surface area (Å²) in [5.41, 5.74) is 0.351. The second kappa shape index (κ2) is 3.14. The van der Waals surface area contributed by atoms with E-state index < -0.39 is 5.97 Å². The minimum Gasteiger partial charge on any atom is -0.424 e. The largest absolute Gasteiger partial charge is 0.424 e. The third-order valence-electron chi connectivity index (χ3n) is 1.88. The van der Waals surface area contributed by atoms with Crippen molar-refractivity contribution >= 4 is 16.9 Å². The number of rotatable bonds is 1. The summed E-state index contributed by atoms with van der Waals surface area (Å²) in [5.74, 6) is -0.428. The van der Waals surface area contributed by atoms with E-state index in [9.17, 15) is 9.18 Å². The highest BCUT2D eigenvalue weighted by molar-refractivity contribution is 5.88. The van der Waals surface area contributed by atoms with Gasteiger partial charge in [0.05, 0.1) is 5.52 Å². The zero-order chi connectivity index (χ0) is 10.1. The van der Waals surface area contributed by atoms with Crippen LogP contribution in [0.15, 0.2) is 24.4 Å². The molecule has 2 rings (SSSR count). The molecule has 0 aliphatic heterocycles. The van der Waals surface area contributed by atoms with Crippen LogP contribution in [0.1, 0.15) is 6.92 Å². The number of H-pyrrole nitrogens is 1. The number of para-hydroxylation sites is 1. The van der Waals surface area contributed by atoms with Crippen molar-refractivity contribution in [3.63, 3.8) is 0 Å². The molecule has 0 bridgehead atoms. The molecule has 0 unspecified atom stereocenters. The standard InChI is InChI=1S/C10H8FNO2/c1-6(13)14-9-5-12-10-7(9)3-2-4-8(10)11/h2-5,12H,1H3. The molecule has 4 heteroatoms. The van der Waals surface area contributed by atoms with E-state index >= 15 is 0 Å². The van der Waals surface area contributed by atoms with Gasteiger partial charge in [-0.1, -0.05) is 6.07 Å². The number of nitrogens with one attached hydrogen (secondary N) is 1. The van der Waals surface area contributed by atoms with Crippen LogP contribution in [-0.2, 0) is 4.79 Å². The van der Waals surface area contributed by atoms with E-state index in [0.717, 1.165) is 0 Å². The lowest BCUT2D eigenvalue weighted by Crippen LogP contribution is -2.00. The number of hydrogen-bond acceptors (Lipinski definition) is 2. The molecule has 72 valence electrons. The summed E-state index contributed by atoms with van der Waals surface area (Å²) in [5, 5.41) is 0.570. The van der Waals surface area contributed by atoms with Crippen molar-refractivity contribution in [2.75, 3.05) is 0 Å². The summed E-state index contributed by atoms with van der Waals surface area (Å²) in [6, 6.07) is 4.60. The Hall–Kier alpha value is -1.84. The fourth-order valence-corrected chi connectivity index (χ4v) is 1.33. The average molecular weight is 193 g/mol. The van der Waals surface area contributed by atoms with Crippen LogP contribution < -0.4 is 4.74 Å². The first-order valence-corrected chi connectivity index (χ1v) is 4.12. The molecule has 0 saturated heterocycles. The van der Waals surface area contributed by atoms with Crippen LogP contribution in [0.5, 0.6) is 5.75 Å². The van der Waals surface area contributed by atoms with E-state index in [2.05, 4.69) is 4.98 Å². The predicted octanol–water partition coefficient (Wildman–Crippen LogP) is 2.23. The molecule has 0 spiro atoms. The van der Waals surface area contributed by atoms with Gasteiger partial charge in [0.25, 0.3) is 0 Å². The van der Waals surface area contributed by atoms with Crippen molar-refractivity contribution in [2.45, 2.75) is 6.92 Å². The van der Waals surface area contributed by atoms with Crippen LogP contribution in [-0.4, -0.2) is 11.0 Å². The molecule has 0 radical (unpaired) electrons. The Morgan fingerprint density at radius 3 is 3.00 bits per heavy atom. The van der Waals surface area contributed by atoms with Crippen LogP contribution >= 0.6 is 0 Å². The minimum absolute atomic E-state index is 0.351. The maximum absolute atomic E-state index is 13.2. The Morgan fingerprint density at radius 2 is 2.29 bits per heavy atom. The number of aromatic nitrogens is 1. The highest BCUT2D eigenvalue weighted by atomic mass is 19.1. The second-order valence-electron chi connectivity index (χ2n) is 2.91. The average Bonchev–Trinajstić information content (AvgIpc) is 2.49. The minimum atomic E-state index is -0.421. The SMILES string of the molecule is CC(=O)Oc1c[nH]c2c(F)cccc12. The highest BCUT2D eigenvalue weighted by Gasteiger charge is 2.09. The summed E-state index contributed by atoms with van der Waals surface area (Å²) >= 11 is 0. The molecule has 0 atom stereocenters. The third-order valence-corrected chi connectivity index (χ3v) is 1.88. The van der Waals surface area contributed by atoms with Crippen LogP contribution in [0, 0.1) is 5.82 Å². The molecule has 1 heterocycles. The number of aromatic amines is 1. The summed E-state index contributed by atoms with van der Waals surface area (Å²) in [6.45, 7) is 1.30. The molecule has 0 fully saturated rings. The first-order valence-electron chi connectivity index (χ1n) is 4.12. The fourth-order valence-electron chi connectivity index (χ4n) is 1.33. The van der Waals surface area contributed by atoms with Crippen molar-refractivity contribution < 1.29 is 13.9 Å². The molecule has 14 heavy (non-hydrogen) atoms. The normalized spacial score (nSPS) is 10.4. The van der Waals surface area contributed by atoms with E-state index in [4.69, 9.17) is 4.74 Å². The van der Waals surface area contributed by atoms with Gasteiger partial charge in [0.15, 0.2) is 5.75 Å². The maximum atomic E-state index is 13.2. The van der Waals surface area contributed by atoms with Gasteiger partial charge in [-0.3, -0.25) is 4.79 Å². The molecular formula is C10H8FNO2. The fraction of sp³-hybridized carbons (Fsp3) is 0.100. The molecule has 0 saturated carbocycles. The zero-order valence-corrected chi connectivity index (χ0v) is 7.50. The lowest BCUT2D eigenvalue weighted by atomic mass is 10.2. The van der Waals surface area contributed by atoms with Gasteiger partial charge >= 0.3 is 5.97 Å². The summed E-state index contributed by atoms with van der Waals surface area (Å²) in [6.07, 6.45) is 1.47. The van der Waals surface area contributed by atoms with Crippen LogP contribution in [0.3, 0.4) is 0 Å². The van der Waals surface area contributed by atoms with Crippen molar-refractivity contribution in [1.82, 2.24) is 4.98 Å². The molecule has 1 aromatic carbocycles. The van der Waals surface area contributed by atoms with Crippen LogP contribution in [0.25, 0.3) is 10.9 Å².